The number of hydrogen-bond donors (Lipinski definition) is 0. The normalized spacial score (nSPS) is 11.7. The molecule has 0 radical (unpaired) electrons. The Morgan fingerprint density at radius 1 is 1.22 bits per heavy atom. The van der Waals surface area contributed by atoms with Gasteiger partial charge in [0.05, 0.1) is 13.6 Å². The molecule has 0 spiro atoms. The molecule has 0 aliphatic rings. The van der Waals surface area contributed by atoms with Gasteiger partial charge in [-0.25, -0.2) is 0 Å². The predicted molar refractivity (Wildman–Crippen MR) is 88.8 cm³/mol. The van der Waals surface area contributed by atoms with Gasteiger partial charge in [-0.05, 0) is 40.8 Å². The molecule has 6 heteroatoms. The van der Waals surface area contributed by atoms with Gasteiger partial charge >= 0.3 is 0 Å². The molecule has 0 saturated heterocycles. The Balaban J connectivity index is 2.39. The Morgan fingerprint density at radius 3 is 2.50 bits per heavy atom. The largest absolute Gasteiger partial charge is 0.466 e. The van der Waals surface area contributed by atoms with Gasteiger partial charge in [-0.2, -0.15) is 0 Å². The third-order valence-electron chi connectivity index (χ3n) is 2.29. The Hall–Kier alpha value is 0.507. The first-order valence-corrected chi connectivity index (χ1v) is 11.2. The first kappa shape index (κ1) is 16.6. The molecule has 0 aliphatic heterocycles. The lowest BCUT2D eigenvalue weighted by Crippen LogP contribution is -2.22. The average Bonchev–Trinajstić information content (AvgIpc) is 2.27. The first-order chi connectivity index (χ1) is 8.31. The molecule has 0 atom stereocenters. The van der Waals surface area contributed by atoms with Crippen LogP contribution >= 0.6 is 45.8 Å². The van der Waals surface area contributed by atoms with E-state index >= 15 is 0 Å². The topological polar surface area (TPSA) is 18.5 Å². The fourth-order valence-electron chi connectivity index (χ4n) is 1.16. The summed E-state index contributed by atoms with van der Waals surface area (Å²) in [4.78, 5) is 0. The lowest BCUT2D eigenvalue weighted by atomic mass is 10.3. The van der Waals surface area contributed by atoms with E-state index in [9.17, 15) is 0 Å². The lowest BCUT2D eigenvalue weighted by molar-refractivity contribution is 0.0215. The van der Waals surface area contributed by atoms with E-state index in [1.165, 1.54) is 0 Å². The quantitative estimate of drug-likeness (QED) is 0.205. The van der Waals surface area contributed by atoms with E-state index in [1.54, 1.807) is 12.1 Å². The van der Waals surface area contributed by atoms with Crippen LogP contribution in [0.25, 0.3) is 0 Å². The van der Waals surface area contributed by atoms with Gasteiger partial charge in [0.2, 0.25) is 0 Å². The van der Waals surface area contributed by atoms with Crippen LogP contribution in [-0.4, -0.2) is 21.5 Å². The molecule has 1 rings (SSSR count). The van der Waals surface area contributed by atoms with E-state index in [0.29, 0.717) is 15.8 Å². The second kappa shape index (κ2) is 7.33. The molecule has 0 N–H and O–H groups in total. The summed E-state index contributed by atoms with van der Waals surface area (Å²) in [7, 11) is -1.03. The molecule has 1 aromatic rings. The Kier molecular flexibility index (Phi) is 6.75. The van der Waals surface area contributed by atoms with Crippen LogP contribution in [0.1, 0.15) is 0 Å². The standard InChI is InChI=1S/C12H17Cl2IO2Si/c1-18(2,3)7-6-16-8-17-10-5-4-9(13)11(14)12(10)15/h4-5H,6-8H2,1-3H3. The molecule has 0 heterocycles. The molecule has 0 aliphatic carbocycles. The number of ether oxygens (including phenoxy) is 2. The van der Waals surface area contributed by atoms with Crippen LogP contribution < -0.4 is 4.74 Å². The van der Waals surface area contributed by atoms with Gasteiger partial charge < -0.3 is 9.47 Å². The first-order valence-electron chi connectivity index (χ1n) is 5.65. The highest BCUT2D eigenvalue weighted by molar-refractivity contribution is 14.1. The lowest BCUT2D eigenvalue weighted by Gasteiger charge is -2.16. The number of hydrogen-bond acceptors (Lipinski definition) is 2. The second-order valence-corrected chi connectivity index (χ2v) is 12.6. The van der Waals surface area contributed by atoms with Gasteiger partial charge in [0.1, 0.15) is 5.75 Å². The summed E-state index contributed by atoms with van der Waals surface area (Å²) in [6.07, 6.45) is 0. The van der Waals surface area contributed by atoms with Crippen molar-refractivity contribution in [2.75, 3.05) is 13.4 Å². The number of halogens is 3. The van der Waals surface area contributed by atoms with Crippen molar-refractivity contribution >= 4 is 53.9 Å². The predicted octanol–water partition coefficient (Wildman–Crippen LogP) is 5.29. The highest BCUT2D eigenvalue weighted by Gasteiger charge is 2.12. The van der Waals surface area contributed by atoms with Crippen LogP contribution in [0, 0.1) is 3.57 Å². The fraction of sp³-hybridized carbons (Fsp3) is 0.500. The number of rotatable bonds is 6. The maximum atomic E-state index is 6.03. The van der Waals surface area contributed by atoms with Crippen LogP contribution in [0.5, 0.6) is 5.75 Å². The highest BCUT2D eigenvalue weighted by atomic mass is 127. The van der Waals surface area contributed by atoms with Crippen molar-refractivity contribution in [3.8, 4) is 5.75 Å². The minimum Gasteiger partial charge on any atom is -0.466 e. The maximum absolute atomic E-state index is 6.03. The second-order valence-electron chi connectivity index (χ2n) is 5.15. The molecule has 1 aromatic carbocycles. The van der Waals surface area contributed by atoms with Crippen molar-refractivity contribution in [3.05, 3.63) is 25.7 Å². The zero-order valence-electron chi connectivity index (χ0n) is 10.7. The van der Waals surface area contributed by atoms with Gasteiger partial charge in [0, 0.05) is 14.7 Å². The van der Waals surface area contributed by atoms with Gasteiger partial charge in [0.15, 0.2) is 6.79 Å². The summed E-state index contributed by atoms with van der Waals surface area (Å²) < 4.78 is 11.8. The molecule has 0 fully saturated rings. The van der Waals surface area contributed by atoms with Crippen molar-refractivity contribution in [2.24, 2.45) is 0 Å². The molecule has 2 nitrogen and oxygen atoms in total. The van der Waals surface area contributed by atoms with Crippen LogP contribution in [0.15, 0.2) is 12.1 Å². The highest BCUT2D eigenvalue weighted by Crippen LogP contribution is 2.33. The third kappa shape index (κ3) is 5.65. The van der Waals surface area contributed by atoms with Crippen molar-refractivity contribution < 1.29 is 9.47 Å². The molecule has 0 aromatic heterocycles. The Morgan fingerprint density at radius 2 is 1.89 bits per heavy atom. The fourth-order valence-corrected chi connectivity index (χ4v) is 3.02. The third-order valence-corrected chi connectivity index (χ3v) is 6.19. The van der Waals surface area contributed by atoms with Crippen molar-refractivity contribution in [2.45, 2.75) is 25.7 Å². The minimum absolute atomic E-state index is 0.248. The van der Waals surface area contributed by atoms with Crippen LogP contribution in [0.2, 0.25) is 35.7 Å². The molecule has 0 unspecified atom stereocenters. The SMILES string of the molecule is C[Si](C)(C)CCOCOc1ccc(Cl)c(Cl)c1I. The zero-order valence-corrected chi connectivity index (χ0v) is 15.4. The molecular weight excluding hydrogens is 402 g/mol. The summed E-state index contributed by atoms with van der Waals surface area (Å²) in [5.41, 5.74) is 0. The van der Waals surface area contributed by atoms with Crippen molar-refractivity contribution in [1.29, 1.82) is 0 Å². The van der Waals surface area contributed by atoms with E-state index < -0.39 is 8.07 Å². The minimum atomic E-state index is -1.03. The summed E-state index contributed by atoms with van der Waals surface area (Å²) in [6, 6.07) is 4.66. The van der Waals surface area contributed by atoms with Crippen molar-refractivity contribution in [3.63, 3.8) is 0 Å². The van der Waals surface area contributed by atoms with E-state index in [0.717, 1.165) is 16.2 Å². The summed E-state index contributed by atoms with van der Waals surface area (Å²) in [6.45, 7) is 7.95. The van der Waals surface area contributed by atoms with Gasteiger partial charge in [-0.3, -0.25) is 0 Å². The average molecular weight is 419 g/mol. The molecule has 102 valence electrons. The summed E-state index contributed by atoms with van der Waals surface area (Å²) in [5.74, 6) is 0.706. The maximum Gasteiger partial charge on any atom is 0.189 e. The molecule has 0 amide bonds. The molecule has 18 heavy (non-hydrogen) atoms. The van der Waals surface area contributed by atoms with E-state index in [1.807, 2.05) is 0 Å². The zero-order chi connectivity index (χ0) is 13.8. The Bertz CT molecular complexity index is 408. The van der Waals surface area contributed by atoms with Gasteiger partial charge in [-0.15, -0.1) is 0 Å². The molecular formula is C12H17Cl2IO2Si. The van der Waals surface area contributed by atoms with Crippen LogP contribution in [-0.2, 0) is 4.74 Å². The smallest absolute Gasteiger partial charge is 0.189 e. The van der Waals surface area contributed by atoms with E-state index in [2.05, 4.69) is 42.2 Å². The van der Waals surface area contributed by atoms with Crippen molar-refractivity contribution in [1.82, 2.24) is 0 Å². The summed E-state index contributed by atoms with van der Waals surface area (Å²) >= 11 is 14.0. The Labute approximate surface area is 133 Å². The van der Waals surface area contributed by atoms with Gasteiger partial charge in [-0.1, -0.05) is 42.8 Å². The monoisotopic (exact) mass is 418 g/mol. The number of benzene rings is 1. The van der Waals surface area contributed by atoms with Crippen LogP contribution in [0.3, 0.4) is 0 Å². The van der Waals surface area contributed by atoms with Crippen LogP contribution in [0.4, 0.5) is 0 Å². The van der Waals surface area contributed by atoms with Gasteiger partial charge in [0.25, 0.3) is 0 Å². The molecule has 0 bridgehead atoms. The van der Waals surface area contributed by atoms with E-state index in [-0.39, 0.29) is 6.79 Å². The summed E-state index contributed by atoms with van der Waals surface area (Å²) in [5, 5.41) is 1.06. The molecule has 0 saturated carbocycles. The van der Waals surface area contributed by atoms with E-state index in [4.69, 9.17) is 32.7 Å².